The van der Waals surface area contributed by atoms with Crippen LogP contribution in [0.1, 0.15) is 8.22 Å². The van der Waals surface area contributed by atoms with Crippen LogP contribution in [-0.4, -0.2) is 20.2 Å². The van der Waals surface area contributed by atoms with E-state index in [9.17, 15) is 10.2 Å². The van der Waals surface area contributed by atoms with Crippen molar-refractivity contribution in [2.45, 2.75) is 0 Å². The van der Waals surface area contributed by atoms with E-state index < -0.39 is 35.7 Å². The van der Waals surface area contributed by atoms with Crippen LogP contribution in [0.5, 0.6) is 11.5 Å². The van der Waals surface area contributed by atoms with Crippen LogP contribution in [0.2, 0.25) is 2.82 Å². The Bertz CT molecular complexity index is 1220. The van der Waals surface area contributed by atoms with Crippen LogP contribution >= 0.6 is 0 Å². The number of hydrogen-bond acceptors (Lipinski definition) is 2. The molecule has 4 aromatic rings. The van der Waals surface area contributed by atoms with Gasteiger partial charge in [0.05, 0.1) is 8.22 Å². The summed E-state index contributed by atoms with van der Waals surface area (Å²) < 4.78 is 63.5. The first-order valence-electron chi connectivity index (χ1n) is 9.64. The molecule has 0 aliphatic rings. The standard InChI is InChI=1S/C16H12N2O2/c19-15-9-5-1-3-7-11(9)17-13(15)14-16(20)10-6-2-4-8-12(10)18-14/h1-8,17-20H/i1D,2D,3D,4D,7D,8D/hD2. The number of fused-ring (bicyclic) bond motifs is 2. The summed E-state index contributed by atoms with van der Waals surface area (Å²) in [5, 5.41) is 21.1. The van der Waals surface area contributed by atoms with Crippen molar-refractivity contribution in [3.8, 4) is 22.9 Å². The molecule has 98 valence electrons. The van der Waals surface area contributed by atoms with Crippen LogP contribution < -0.4 is 0 Å². The summed E-state index contributed by atoms with van der Waals surface area (Å²) >= 11 is 0. The zero-order valence-corrected chi connectivity index (χ0v) is 9.94. The average molecular weight is 272 g/mol. The Morgan fingerprint density at radius 2 is 1.25 bits per heavy atom. The van der Waals surface area contributed by atoms with Gasteiger partial charge in [0.15, 0.2) is 14.3 Å². The zero-order chi connectivity index (χ0) is 20.7. The second kappa shape index (κ2) is 3.81. The van der Waals surface area contributed by atoms with Crippen molar-refractivity contribution in [3.63, 3.8) is 0 Å². The van der Waals surface area contributed by atoms with E-state index in [1.54, 1.807) is 0 Å². The Kier molecular flexibility index (Phi) is 1.07. The van der Waals surface area contributed by atoms with Crippen LogP contribution in [0.3, 0.4) is 0 Å². The smallest absolute Gasteiger partial charge is 0.167 e. The van der Waals surface area contributed by atoms with E-state index in [0.717, 1.165) is 12.1 Å². The largest absolute Gasteiger partial charge is 0.505 e. The molecular weight excluding hydrogens is 252 g/mol. The van der Waals surface area contributed by atoms with Crippen molar-refractivity contribution < 1.29 is 21.3 Å². The van der Waals surface area contributed by atoms with E-state index >= 15 is 0 Å². The summed E-state index contributed by atoms with van der Waals surface area (Å²) in [4.78, 5) is 1.19. The molecule has 2 heterocycles. The van der Waals surface area contributed by atoms with E-state index in [1.807, 2.05) is 0 Å². The van der Waals surface area contributed by atoms with Crippen LogP contribution in [0.4, 0.5) is 0 Å². The molecule has 4 N–H and O–H groups in total. The Balaban J connectivity index is 2.20. The number of nitrogens with one attached hydrogen (secondary N) is 2. The van der Waals surface area contributed by atoms with E-state index in [-0.39, 0.29) is 45.3 Å². The zero-order valence-electron chi connectivity index (χ0n) is 17.9. The minimum absolute atomic E-state index is 0.0610. The topological polar surface area (TPSA) is 72.0 Å². The van der Waals surface area contributed by atoms with Crippen LogP contribution in [0.15, 0.2) is 48.4 Å². The molecule has 0 amide bonds. The molecule has 0 unspecified atom stereocenters. The third kappa shape index (κ3) is 1.36. The predicted molar refractivity (Wildman–Crippen MR) is 78.9 cm³/mol. The number of aromatic nitrogens is 2. The first kappa shape index (κ1) is 5.63. The third-order valence-corrected chi connectivity index (χ3v) is 3.08. The normalized spacial score (nSPS) is 17.0. The van der Waals surface area contributed by atoms with Gasteiger partial charge in [0, 0.05) is 21.8 Å². The first-order valence-corrected chi connectivity index (χ1v) is 5.75. The highest BCUT2D eigenvalue weighted by Gasteiger charge is 2.18. The quantitative estimate of drug-likeness (QED) is 0.426. The van der Waals surface area contributed by atoms with Crippen molar-refractivity contribution in [1.29, 1.82) is 0 Å². The van der Waals surface area contributed by atoms with Crippen LogP contribution in [0, 0.1) is 0 Å². The number of para-hydroxylation sites is 2. The van der Waals surface area contributed by atoms with E-state index in [2.05, 4.69) is 0 Å². The number of H-pyrrole nitrogens is 2. The Morgan fingerprint density at radius 1 is 0.800 bits per heavy atom. The summed E-state index contributed by atoms with van der Waals surface area (Å²) in [6.07, 6.45) is 0. The van der Waals surface area contributed by atoms with Gasteiger partial charge in [-0.1, -0.05) is 24.2 Å². The first-order chi connectivity index (χ1) is 13.1. The molecule has 0 radical (unpaired) electrons. The number of aromatic hydroxyl groups is 2. The fraction of sp³-hybridized carbons (Fsp3) is 0. The van der Waals surface area contributed by atoms with Gasteiger partial charge in [0.2, 0.25) is 0 Å². The second-order valence-electron chi connectivity index (χ2n) is 4.22. The van der Waals surface area contributed by atoms with Crippen molar-refractivity contribution in [1.82, 2.24) is 9.95 Å². The molecular formula is C16H12N2O2. The monoisotopic (exact) mass is 272 g/mol. The molecule has 0 aliphatic carbocycles. The van der Waals surface area contributed by atoms with Gasteiger partial charge < -0.3 is 20.2 Å². The lowest BCUT2D eigenvalue weighted by Gasteiger charge is -1.97. The summed E-state index contributed by atoms with van der Waals surface area (Å²) in [5.74, 6) is -1.13. The van der Waals surface area contributed by atoms with Crippen molar-refractivity contribution in [3.05, 3.63) is 48.4 Å². The minimum atomic E-state index is -0.567. The van der Waals surface area contributed by atoms with E-state index in [1.165, 1.54) is 0 Å². The van der Waals surface area contributed by atoms with Gasteiger partial charge in [-0.2, -0.15) is 0 Å². The number of rotatable bonds is 1. The molecule has 4 rings (SSSR count). The van der Waals surface area contributed by atoms with Gasteiger partial charge >= 0.3 is 0 Å². The van der Waals surface area contributed by atoms with Crippen LogP contribution in [-0.2, 0) is 0 Å². The Morgan fingerprint density at radius 3 is 1.70 bits per heavy atom. The lowest BCUT2D eigenvalue weighted by atomic mass is 10.2. The molecule has 4 nitrogen and oxygen atoms in total. The highest BCUT2D eigenvalue weighted by atomic mass is 16.3. The summed E-state index contributed by atoms with van der Waals surface area (Å²) in [6.45, 7) is 0. The van der Waals surface area contributed by atoms with E-state index in [4.69, 9.17) is 11.0 Å². The molecule has 0 bridgehead atoms. The van der Waals surface area contributed by atoms with Crippen molar-refractivity contribution >= 4 is 21.8 Å². The molecule has 0 spiro atoms. The fourth-order valence-corrected chi connectivity index (χ4v) is 2.13. The van der Waals surface area contributed by atoms with Crippen LogP contribution in [0.25, 0.3) is 33.2 Å². The lowest BCUT2D eigenvalue weighted by Crippen LogP contribution is -1.78. The fourth-order valence-electron chi connectivity index (χ4n) is 2.13. The number of benzene rings is 2. The molecule has 2 aromatic heterocycles. The molecule has 2 aromatic carbocycles. The van der Waals surface area contributed by atoms with Gasteiger partial charge in [-0.25, -0.2) is 0 Å². The minimum Gasteiger partial charge on any atom is -0.505 e. The van der Waals surface area contributed by atoms with Gasteiger partial charge in [-0.15, -0.1) is 0 Å². The summed E-state index contributed by atoms with van der Waals surface area (Å²) in [6, 6.07) is -0.221. The maximum absolute atomic E-state index is 10.6. The number of hydrogen-bond donors (Lipinski definition) is 4. The third-order valence-electron chi connectivity index (χ3n) is 3.08. The lowest BCUT2D eigenvalue weighted by molar-refractivity contribution is 0.475. The summed E-state index contributed by atoms with van der Waals surface area (Å²) in [5.41, 5.74) is -1.08. The maximum Gasteiger partial charge on any atom is 0.167 e. The number of aromatic amines is 2. The molecule has 0 saturated heterocycles. The van der Waals surface area contributed by atoms with Gasteiger partial charge in [-0.3, -0.25) is 0 Å². The molecule has 0 atom stereocenters. The Labute approximate surface area is 125 Å². The SMILES string of the molecule is [2H]c1cc2c(O)c(-c3c(O)c4cc([2H])c([2H])c([2H])c4n3[2H])n([2H])c2c([2H])c1[2H]. The maximum atomic E-state index is 10.6. The van der Waals surface area contributed by atoms with Gasteiger partial charge in [0.25, 0.3) is 0 Å². The summed E-state index contributed by atoms with van der Waals surface area (Å²) in [7, 11) is 0. The van der Waals surface area contributed by atoms with Gasteiger partial charge in [0.1, 0.15) is 11.4 Å². The van der Waals surface area contributed by atoms with Crippen molar-refractivity contribution in [2.24, 2.45) is 0 Å². The molecule has 4 heteroatoms. The van der Waals surface area contributed by atoms with Gasteiger partial charge in [-0.05, 0) is 24.2 Å². The van der Waals surface area contributed by atoms with Crippen molar-refractivity contribution in [2.75, 3.05) is 0 Å². The average Bonchev–Trinajstić information content (AvgIpc) is 3.02. The predicted octanol–water partition coefficient (Wildman–Crippen LogP) is 3.73. The highest BCUT2D eigenvalue weighted by Crippen LogP contribution is 2.42. The molecule has 0 fully saturated rings. The second-order valence-corrected chi connectivity index (χ2v) is 4.22. The molecule has 20 heavy (non-hydrogen) atoms. The molecule has 0 saturated carbocycles. The molecule has 0 aliphatic heterocycles. The Hall–Kier alpha value is -2.88. The van der Waals surface area contributed by atoms with E-state index in [0.29, 0.717) is 9.95 Å². The highest BCUT2D eigenvalue weighted by molar-refractivity contribution is 5.99.